The van der Waals surface area contributed by atoms with Crippen molar-refractivity contribution in [1.82, 2.24) is 25.1 Å². The van der Waals surface area contributed by atoms with Gasteiger partial charge in [0.2, 0.25) is 5.91 Å². The SMILES string of the molecule is CN1C(=O)c2cc(NC(=O)c3cnccn3)ccc2OC[C@@H]2O[C@H](CC(=O)N[C@H]3CCN(Cc4ccccc4)C3)CC[C@@H]21. The van der Waals surface area contributed by atoms with E-state index >= 15 is 0 Å². The molecular formula is C32H36N6O5. The third-order valence-electron chi connectivity index (χ3n) is 8.36. The number of nitrogens with one attached hydrogen (secondary N) is 2. The predicted molar refractivity (Wildman–Crippen MR) is 159 cm³/mol. The van der Waals surface area contributed by atoms with Gasteiger partial charge in [0.05, 0.1) is 30.3 Å². The number of carbonyl (C=O) groups excluding carboxylic acids is 3. The molecule has 2 N–H and O–H groups in total. The summed E-state index contributed by atoms with van der Waals surface area (Å²) in [5.41, 5.74) is 2.26. The lowest BCUT2D eigenvalue weighted by atomic mass is 9.94. The molecule has 2 fully saturated rings. The molecule has 4 atom stereocenters. The Morgan fingerprint density at radius 1 is 1.07 bits per heavy atom. The summed E-state index contributed by atoms with van der Waals surface area (Å²) in [5.74, 6) is -0.236. The molecule has 2 saturated heterocycles. The molecule has 6 rings (SSSR count). The molecule has 3 amide bonds. The number of likely N-dealkylation sites (N-methyl/N-ethyl adjacent to an activating group) is 1. The van der Waals surface area contributed by atoms with E-state index in [1.54, 1.807) is 30.1 Å². The van der Waals surface area contributed by atoms with Gasteiger partial charge < -0.3 is 25.0 Å². The Morgan fingerprint density at radius 2 is 1.93 bits per heavy atom. The first-order valence-electron chi connectivity index (χ1n) is 14.8. The number of rotatable bonds is 7. The van der Waals surface area contributed by atoms with Crippen molar-refractivity contribution < 1.29 is 23.9 Å². The molecule has 2 aromatic carbocycles. The van der Waals surface area contributed by atoms with Gasteiger partial charge in [-0.15, -0.1) is 0 Å². The van der Waals surface area contributed by atoms with Crippen LogP contribution in [0.5, 0.6) is 5.75 Å². The number of anilines is 1. The van der Waals surface area contributed by atoms with Crippen molar-refractivity contribution in [3.05, 3.63) is 83.9 Å². The first kappa shape index (κ1) is 28.8. The van der Waals surface area contributed by atoms with Crippen molar-refractivity contribution in [2.45, 2.75) is 56.5 Å². The maximum atomic E-state index is 13.5. The second-order valence-electron chi connectivity index (χ2n) is 11.4. The molecule has 0 bridgehead atoms. The van der Waals surface area contributed by atoms with Crippen LogP contribution in [0.15, 0.2) is 67.1 Å². The number of carbonyl (C=O) groups is 3. The van der Waals surface area contributed by atoms with Crippen LogP contribution in [-0.4, -0.2) is 88.5 Å². The predicted octanol–water partition coefficient (Wildman–Crippen LogP) is 2.89. The lowest BCUT2D eigenvalue weighted by molar-refractivity contribution is -0.134. The van der Waals surface area contributed by atoms with Crippen LogP contribution in [0.25, 0.3) is 0 Å². The maximum Gasteiger partial charge on any atom is 0.275 e. The Bertz CT molecular complexity index is 1460. The van der Waals surface area contributed by atoms with Crippen LogP contribution in [0.3, 0.4) is 0 Å². The number of fused-ring (bicyclic) bond motifs is 2. The summed E-state index contributed by atoms with van der Waals surface area (Å²) in [6, 6.07) is 15.3. The lowest BCUT2D eigenvalue weighted by Gasteiger charge is -2.42. The number of benzene rings is 2. The normalized spacial score (nSPS) is 23.7. The van der Waals surface area contributed by atoms with E-state index in [-0.39, 0.29) is 54.8 Å². The number of ether oxygens (including phenoxy) is 2. The zero-order valence-electron chi connectivity index (χ0n) is 24.1. The summed E-state index contributed by atoms with van der Waals surface area (Å²) in [7, 11) is 1.76. The Morgan fingerprint density at radius 3 is 2.74 bits per heavy atom. The summed E-state index contributed by atoms with van der Waals surface area (Å²) >= 11 is 0. The van der Waals surface area contributed by atoms with Gasteiger partial charge in [0, 0.05) is 50.8 Å². The van der Waals surface area contributed by atoms with Crippen LogP contribution < -0.4 is 15.4 Å². The topological polar surface area (TPSA) is 126 Å². The van der Waals surface area contributed by atoms with Crippen LogP contribution in [0.2, 0.25) is 0 Å². The molecule has 0 spiro atoms. The molecule has 11 heteroatoms. The molecule has 0 saturated carbocycles. The average Bonchev–Trinajstić information content (AvgIpc) is 3.46. The highest BCUT2D eigenvalue weighted by Gasteiger charge is 2.39. The fourth-order valence-electron chi connectivity index (χ4n) is 6.15. The summed E-state index contributed by atoms with van der Waals surface area (Å²) < 4.78 is 12.4. The minimum absolute atomic E-state index is 0.00684. The quantitative estimate of drug-likeness (QED) is 0.434. The smallest absolute Gasteiger partial charge is 0.275 e. The molecule has 3 aromatic rings. The van der Waals surface area contributed by atoms with Gasteiger partial charge in [-0.05, 0) is 43.0 Å². The number of hydrogen-bond acceptors (Lipinski definition) is 8. The molecule has 4 heterocycles. The van der Waals surface area contributed by atoms with Gasteiger partial charge in [-0.25, -0.2) is 4.98 Å². The van der Waals surface area contributed by atoms with Crippen molar-refractivity contribution in [1.29, 1.82) is 0 Å². The second-order valence-corrected chi connectivity index (χ2v) is 11.4. The third-order valence-corrected chi connectivity index (χ3v) is 8.36. The molecule has 0 unspecified atom stereocenters. The fourth-order valence-corrected chi connectivity index (χ4v) is 6.15. The Labute approximate surface area is 250 Å². The molecule has 0 aliphatic carbocycles. The Kier molecular flexibility index (Phi) is 8.62. The van der Waals surface area contributed by atoms with Crippen molar-refractivity contribution >= 4 is 23.4 Å². The van der Waals surface area contributed by atoms with E-state index < -0.39 is 5.91 Å². The van der Waals surface area contributed by atoms with Gasteiger partial charge in [0.25, 0.3) is 11.8 Å². The number of amides is 3. The standard InChI is InChI=1S/C32H36N6O5/c1-37-27-9-8-24(16-30(39)35-23-11-14-38(19-23)18-21-5-3-2-4-6-21)43-29(27)20-42-28-10-7-22(15-25(28)32(37)41)36-31(40)26-17-33-12-13-34-26/h2-7,10,12-13,15,17,23-24,27,29H,8-9,11,14,16,18-20H2,1H3,(H,35,39)(H,36,40)/t23-,24-,27-,29-/m0/s1. The maximum absolute atomic E-state index is 13.5. The number of aromatic nitrogens is 2. The third kappa shape index (κ3) is 6.84. The molecular weight excluding hydrogens is 548 g/mol. The van der Waals surface area contributed by atoms with Crippen molar-refractivity contribution in [2.75, 3.05) is 32.1 Å². The van der Waals surface area contributed by atoms with Crippen molar-refractivity contribution in [2.24, 2.45) is 0 Å². The molecule has 3 aliphatic rings. The highest BCUT2D eigenvalue weighted by molar-refractivity contribution is 6.04. The van der Waals surface area contributed by atoms with E-state index in [9.17, 15) is 14.4 Å². The van der Waals surface area contributed by atoms with E-state index in [4.69, 9.17) is 9.47 Å². The van der Waals surface area contributed by atoms with Gasteiger partial charge in [0.1, 0.15) is 24.2 Å². The minimum atomic E-state index is -0.422. The molecule has 11 nitrogen and oxygen atoms in total. The number of nitrogens with zero attached hydrogens (tertiary/aromatic N) is 4. The van der Waals surface area contributed by atoms with Gasteiger partial charge in [0.15, 0.2) is 0 Å². The minimum Gasteiger partial charge on any atom is -0.490 e. The highest BCUT2D eigenvalue weighted by Crippen LogP contribution is 2.32. The number of likely N-dealkylation sites (tertiary alicyclic amines) is 1. The van der Waals surface area contributed by atoms with E-state index in [2.05, 4.69) is 37.6 Å². The largest absolute Gasteiger partial charge is 0.490 e. The lowest BCUT2D eigenvalue weighted by Crippen LogP contribution is -2.54. The van der Waals surface area contributed by atoms with Crippen LogP contribution >= 0.6 is 0 Å². The molecule has 0 radical (unpaired) electrons. The van der Waals surface area contributed by atoms with E-state index in [0.717, 1.165) is 26.1 Å². The first-order chi connectivity index (χ1) is 20.9. The van der Waals surface area contributed by atoms with Crippen LogP contribution in [0, 0.1) is 0 Å². The Balaban J connectivity index is 1.03. The summed E-state index contributed by atoms with van der Waals surface area (Å²) in [6.07, 6.45) is 6.27. The van der Waals surface area contributed by atoms with Gasteiger partial charge in [-0.2, -0.15) is 0 Å². The van der Waals surface area contributed by atoms with Gasteiger partial charge in [-0.3, -0.25) is 24.3 Å². The van der Waals surface area contributed by atoms with E-state index in [1.807, 2.05) is 18.2 Å². The van der Waals surface area contributed by atoms with Gasteiger partial charge in [-0.1, -0.05) is 30.3 Å². The summed E-state index contributed by atoms with van der Waals surface area (Å²) in [5, 5.41) is 5.97. The van der Waals surface area contributed by atoms with Crippen LogP contribution in [0.4, 0.5) is 5.69 Å². The monoisotopic (exact) mass is 584 g/mol. The van der Waals surface area contributed by atoms with Crippen LogP contribution in [-0.2, 0) is 16.1 Å². The van der Waals surface area contributed by atoms with Crippen molar-refractivity contribution in [3.63, 3.8) is 0 Å². The van der Waals surface area contributed by atoms with Crippen LogP contribution in [0.1, 0.15) is 52.1 Å². The average molecular weight is 585 g/mol. The first-order valence-corrected chi connectivity index (χ1v) is 14.8. The van der Waals surface area contributed by atoms with E-state index in [1.165, 1.54) is 24.2 Å². The van der Waals surface area contributed by atoms with Gasteiger partial charge >= 0.3 is 0 Å². The second kappa shape index (κ2) is 12.9. The summed E-state index contributed by atoms with van der Waals surface area (Å²) in [6.45, 7) is 2.92. The van der Waals surface area contributed by atoms with E-state index in [0.29, 0.717) is 29.8 Å². The summed E-state index contributed by atoms with van der Waals surface area (Å²) in [4.78, 5) is 51.0. The fraction of sp³-hybridized carbons (Fsp3) is 0.406. The number of hydrogen-bond donors (Lipinski definition) is 2. The zero-order valence-corrected chi connectivity index (χ0v) is 24.1. The molecule has 224 valence electrons. The highest BCUT2D eigenvalue weighted by atomic mass is 16.5. The Hall–Kier alpha value is -4.35. The molecule has 3 aliphatic heterocycles. The van der Waals surface area contributed by atoms with Crippen molar-refractivity contribution in [3.8, 4) is 5.75 Å². The molecule has 1 aromatic heterocycles. The molecule has 43 heavy (non-hydrogen) atoms. The zero-order chi connectivity index (χ0) is 29.8.